The summed E-state index contributed by atoms with van der Waals surface area (Å²) in [4.78, 5) is 83.3. The zero-order valence-electron chi connectivity index (χ0n) is 25.0. The van der Waals surface area contributed by atoms with Gasteiger partial charge in [0.05, 0.1) is 11.4 Å². The van der Waals surface area contributed by atoms with Crippen molar-refractivity contribution in [1.82, 2.24) is 0 Å². The molecule has 0 bridgehead atoms. The SMILES string of the molecule is O=C(c1ccccc1)c1ccc(N2C(=O)c3ccc4c5c(ccc(c35)C2=O)C(=O)N(c2ccc(C(=O)c3ccccc3)cc2)C4=O)cc1. The van der Waals surface area contributed by atoms with Crippen LogP contribution < -0.4 is 9.80 Å². The third kappa shape index (κ3) is 4.31. The highest BCUT2D eigenvalue weighted by Gasteiger charge is 2.40. The van der Waals surface area contributed by atoms with E-state index in [0.717, 1.165) is 9.80 Å². The van der Waals surface area contributed by atoms with Crippen LogP contribution in [0, 0.1) is 0 Å². The molecule has 0 aliphatic carbocycles. The number of ketones is 2. The smallest absolute Gasteiger partial charge is 0.265 e. The van der Waals surface area contributed by atoms with Gasteiger partial charge in [-0.1, -0.05) is 60.7 Å². The first-order valence-corrected chi connectivity index (χ1v) is 15.1. The standard InChI is InChI=1S/C40H22N2O6/c43-35(23-7-3-1-4-8-23)25-11-15-27(16-12-25)41-37(45)29-19-21-31-34-32(22-20-30(33(29)34)38(41)46)40(48)42(39(31)47)28-17-13-26(14-18-28)36(44)24-9-5-2-6-10-24/h1-22H. The van der Waals surface area contributed by atoms with Gasteiger partial charge in [-0.2, -0.15) is 0 Å². The molecule has 2 heterocycles. The van der Waals surface area contributed by atoms with E-state index < -0.39 is 23.6 Å². The number of amides is 4. The molecule has 0 saturated heterocycles. The van der Waals surface area contributed by atoms with Crippen molar-refractivity contribution in [3.63, 3.8) is 0 Å². The van der Waals surface area contributed by atoms with E-state index in [4.69, 9.17) is 0 Å². The molecule has 228 valence electrons. The molecule has 8 nitrogen and oxygen atoms in total. The van der Waals surface area contributed by atoms with Gasteiger partial charge in [-0.3, -0.25) is 28.8 Å². The van der Waals surface area contributed by atoms with Crippen molar-refractivity contribution in [3.8, 4) is 0 Å². The first-order chi connectivity index (χ1) is 23.3. The van der Waals surface area contributed by atoms with Crippen LogP contribution in [-0.2, 0) is 0 Å². The lowest BCUT2D eigenvalue weighted by Gasteiger charge is -2.32. The molecule has 0 radical (unpaired) electrons. The Morgan fingerprint density at radius 3 is 0.896 bits per heavy atom. The number of anilines is 2. The minimum Gasteiger partial charge on any atom is -0.289 e. The molecule has 2 aliphatic heterocycles. The minimum atomic E-state index is -0.612. The van der Waals surface area contributed by atoms with Crippen molar-refractivity contribution >= 4 is 57.3 Å². The zero-order valence-corrected chi connectivity index (χ0v) is 25.0. The van der Waals surface area contributed by atoms with E-state index in [1.54, 1.807) is 97.1 Å². The van der Waals surface area contributed by atoms with E-state index in [0.29, 0.717) is 22.3 Å². The zero-order chi connectivity index (χ0) is 33.1. The Balaban J connectivity index is 1.13. The van der Waals surface area contributed by atoms with E-state index in [2.05, 4.69) is 0 Å². The van der Waals surface area contributed by atoms with Crippen LogP contribution in [0.25, 0.3) is 10.8 Å². The lowest BCUT2D eigenvalue weighted by Crippen LogP contribution is -2.43. The molecule has 0 saturated carbocycles. The maximum Gasteiger partial charge on any atom is 0.265 e. The Morgan fingerprint density at radius 2 is 0.604 bits per heavy atom. The second-order valence-electron chi connectivity index (χ2n) is 11.4. The number of imide groups is 2. The summed E-state index contributed by atoms with van der Waals surface area (Å²) in [5.41, 5.74) is 3.09. The van der Waals surface area contributed by atoms with E-state index in [9.17, 15) is 28.8 Å². The molecular formula is C40H22N2O6. The molecule has 8 rings (SSSR count). The Kier molecular flexibility index (Phi) is 6.52. The number of carbonyl (C=O) groups is 6. The summed E-state index contributed by atoms with van der Waals surface area (Å²) in [6.07, 6.45) is 0. The maximum atomic E-state index is 13.9. The number of benzene rings is 6. The van der Waals surface area contributed by atoms with Crippen molar-refractivity contribution < 1.29 is 28.8 Å². The molecule has 6 aromatic rings. The van der Waals surface area contributed by atoms with Gasteiger partial charge in [-0.05, 0) is 72.8 Å². The summed E-state index contributed by atoms with van der Waals surface area (Å²) in [6, 6.07) is 36.0. The highest BCUT2D eigenvalue weighted by molar-refractivity contribution is 6.42. The quantitative estimate of drug-likeness (QED) is 0.147. The molecule has 0 fully saturated rings. The second-order valence-corrected chi connectivity index (χ2v) is 11.4. The average molecular weight is 627 g/mol. The van der Waals surface area contributed by atoms with E-state index in [1.807, 2.05) is 12.1 Å². The van der Waals surface area contributed by atoms with Crippen LogP contribution in [0.2, 0.25) is 0 Å². The lowest BCUT2D eigenvalue weighted by molar-refractivity contribution is 0.0873. The molecule has 0 aromatic heterocycles. The molecule has 0 atom stereocenters. The fourth-order valence-corrected chi connectivity index (χ4v) is 6.38. The number of carbonyl (C=O) groups excluding carboxylic acids is 6. The van der Waals surface area contributed by atoms with Crippen LogP contribution >= 0.6 is 0 Å². The summed E-state index contributed by atoms with van der Waals surface area (Å²) in [5, 5.41) is 0.495. The summed E-state index contributed by atoms with van der Waals surface area (Å²) < 4.78 is 0. The molecule has 6 aromatic carbocycles. The van der Waals surface area contributed by atoms with Crippen LogP contribution in [0.1, 0.15) is 73.3 Å². The van der Waals surface area contributed by atoms with Gasteiger partial charge in [-0.15, -0.1) is 0 Å². The van der Waals surface area contributed by atoms with Crippen molar-refractivity contribution in [3.05, 3.63) is 178 Å². The van der Waals surface area contributed by atoms with Crippen LogP contribution in [0.4, 0.5) is 11.4 Å². The number of hydrogen-bond donors (Lipinski definition) is 0. The molecule has 0 unspecified atom stereocenters. The summed E-state index contributed by atoms with van der Waals surface area (Å²) >= 11 is 0. The van der Waals surface area contributed by atoms with Crippen molar-refractivity contribution in [1.29, 1.82) is 0 Å². The van der Waals surface area contributed by atoms with Gasteiger partial charge in [0.1, 0.15) is 0 Å². The summed E-state index contributed by atoms with van der Waals surface area (Å²) in [6.45, 7) is 0. The van der Waals surface area contributed by atoms with Gasteiger partial charge in [0, 0.05) is 55.3 Å². The molecule has 2 aliphatic rings. The predicted molar refractivity (Wildman–Crippen MR) is 179 cm³/mol. The molecule has 4 amide bonds. The molecule has 0 spiro atoms. The summed E-state index contributed by atoms with van der Waals surface area (Å²) in [5.74, 6) is -2.83. The normalized spacial score (nSPS) is 13.7. The summed E-state index contributed by atoms with van der Waals surface area (Å²) in [7, 11) is 0. The Bertz CT molecular complexity index is 2140. The first-order valence-electron chi connectivity index (χ1n) is 15.1. The first kappa shape index (κ1) is 28.7. The topological polar surface area (TPSA) is 109 Å². The Morgan fingerprint density at radius 1 is 0.333 bits per heavy atom. The molecule has 8 heteroatoms. The monoisotopic (exact) mass is 626 g/mol. The predicted octanol–water partition coefficient (Wildman–Crippen LogP) is 6.90. The fraction of sp³-hybridized carbons (Fsp3) is 0. The highest BCUT2D eigenvalue weighted by Crippen LogP contribution is 2.40. The van der Waals surface area contributed by atoms with Crippen LogP contribution in [0.5, 0.6) is 0 Å². The van der Waals surface area contributed by atoms with E-state index >= 15 is 0 Å². The molecule has 0 N–H and O–H groups in total. The van der Waals surface area contributed by atoms with Crippen molar-refractivity contribution in [2.45, 2.75) is 0 Å². The Labute approximate surface area is 273 Å². The number of rotatable bonds is 6. The minimum absolute atomic E-state index is 0.174. The Hall–Kier alpha value is -6.80. The third-order valence-corrected chi connectivity index (χ3v) is 8.74. The second kappa shape index (κ2) is 10.9. The van der Waals surface area contributed by atoms with Crippen LogP contribution in [0.15, 0.2) is 133 Å². The molecular weight excluding hydrogens is 604 g/mol. The average Bonchev–Trinajstić information content (AvgIpc) is 3.13. The van der Waals surface area contributed by atoms with Crippen LogP contribution in [0.3, 0.4) is 0 Å². The van der Waals surface area contributed by atoms with Gasteiger partial charge in [0.25, 0.3) is 23.6 Å². The van der Waals surface area contributed by atoms with Gasteiger partial charge in [0.15, 0.2) is 11.6 Å². The van der Waals surface area contributed by atoms with Gasteiger partial charge in [0.2, 0.25) is 0 Å². The lowest BCUT2D eigenvalue weighted by atomic mass is 9.85. The third-order valence-electron chi connectivity index (χ3n) is 8.74. The molecule has 48 heavy (non-hydrogen) atoms. The van der Waals surface area contributed by atoms with Gasteiger partial charge in [-0.25, -0.2) is 9.80 Å². The van der Waals surface area contributed by atoms with Gasteiger partial charge < -0.3 is 0 Å². The van der Waals surface area contributed by atoms with Crippen molar-refractivity contribution in [2.75, 3.05) is 9.80 Å². The largest absolute Gasteiger partial charge is 0.289 e. The highest BCUT2D eigenvalue weighted by atomic mass is 16.2. The van der Waals surface area contributed by atoms with E-state index in [-0.39, 0.29) is 56.0 Å². The number of nitrogens with zero attached hydrogens (tertiary/aromatic N) is 2. The van der Waals surface area contributed by atoms with Crippen LogP contribution in [-0.4, -0.2) is 35.2 Å². The van der Waals surface area contributed by atoms with Crippen molar-refractivity contribution in [2.24, 2.45) is 0 Å². The van der Waals surface area contributed by atoms with E-state index in [1.165, 1.54) is 24.3 Å². The number of hydrogen-bond acceptors (Lipinski definition) is 6. The fourth-order valence-electron chi connectivity index (χ4n) is 6.38. The maximum absolute atomic E-state index is 13.9. The van der Waals surface area contributed by atoms with Gasteiger partial charge >= 0.3 is 0 Å².